The van der Waals surface area contributed by atoms with E-state index >= 15 is 0 Å². The van der Waals surface area contributed by atoms with Gasteiger partial charge in [-0.25, -0.2) is 4.39 Å². The third-order valence-electron chi connectivity index (χ3n) is 3.52. The van der Waals surface area contributed by atoms with Crippen LogP contribution in [0.5, 0.6) is 5.75 Å². The normalized spacial score (nSPS) is 25.1. The van der Waals surface area contributed by atoms with Crippen molar-refractivity contribution in [1.82, 2.24) is 5.32 Å². The van der Waals surface area contributed by atoms with Crippen LogP contribution < -0.4 is 10.1 Å². The van der Waals surface area contributed by atoms with Crippen LogP contribution >= 0.6 is 0 Å². The minimum atomic E-state index is -0.320. The summed E-state index contributed by atoms with van der Waals surface area (Å²) in [5.41, 5.74) is 0.924. The van der Waals surface area contributed by atoms with Crippen molar-refractivity contribution in [2.75, 3.05) is 13.7 Å². The maximum Gasteiger partial charge on any atom is 0.165 e. The first kappa shape index (κ1) is 13.3. The van der Waals surface area contributed by atoms with E-state index in [9.17, 15) is 4.39 Å². The van der Waals surface area contributed by atoms with Gasteiger partial charge >= 0.3 is 0 Å². The summed E-state index contributed by atoms with van der Waals surface area (Å²) >= 11 is 0. The molecule has 1 N–H and O–H groups in total. The molecule has 0 aliphatic carbocycles. The van der Waals surface area contributed by atoms with Crippen molar-refractivity contribution >= 4 is 0 Å². The Bertz CT molecular complexity index is 411. The van der Waals surface area contributed by atoms with Crippen molar-refractivity contribution in [3.05, 3.63) is 29.6 Å². The molecule has 1 saturated heterocycles. The number of halogens is 1. The second-order valence-electron chi connectivity index (χ2n) is 4.75. The number of hydrogen-bond acceptors (Lipinski definition) is 3. The van der Waals surface area contributed by atoms with Gasteiger partial charge in [0.05, 0.1) is 13.2 Å². The second kappa shape index (κ2) is 5.67. The molecule has 0 radical (unpaired) electrons. The molecule has 3 unspecified atom stereocenters. The standard InChI is InChI=1S/C14H20FNO2/c1-9(16-13-6-7-18-10(13)2)11-4-5-14(17-3)12(15)8-11/h4-5,8-10,13,16H,6-7H2,1-3H3. The van der Waals surface area contributed by atoms with Gasteiger partial charge in [0.1, 0.15) is 0 Å². The highest BCUT2D eigenvalue weighted by atomic mass is 19.1. The Hall–Kier alpha value is -1.13. The number of rotatable bonds is 4. The Morgan fingerprint density at radius 2 is 2.28 bits per heavy atom. The summed E-state index contributed by atoms with van der Waals surface area (Å²) in [6.07, 6.45) is 1.22. The van der Waals surface area contributed by atoms with E-state index in [0.717, 1.165) is 18.6 Å². The van der Waals surface area contributed by atoms with Crippen LogP contribution in [-0.4, -0.2) is 25.9 Å². The number of nitrogens with one attached hydrogen (secondary N) is 1. The summed E-state index contributed by atoms with van der Waals surface area (Å²) in [7, 11) is 1.47. The van der Waals surface area contributed by atoms with E-state index in [2.05, 4.69) is 12.2 Å². The van der Waals surface area contributed by atoms with Gasteiger partial charge in [-0.05, 0) is 38.0 Å². The SMILES string of the molecule is COc1ccc(C(C)NC2CCOC2C)cc1F. The van der Waals surface area contributed by atoms with E-state index in [1.54, 1.807) is 6.07 Å². The largest absolute Gasteiger partial charge is 0.494 e. The van der Waals surface area contributed by atoms with E-state index in [1.807, 2.05) is 13.0 Å². The number of benzene rings is 1. The highest BCUT2D eigenvalue weighted by Crippen LogP contribution is 2.23. The van der Waals surface area contributed by atoms with Crippen LogP contribution in [0.3, 0.4) is 0 Å². The molecule has 100 valence electrons. The van der Waals surface area contributed by atoms with Gasteiger partial charge in [-0.1, -0.05) is 6.07 Å². The smallest absolute Gasteiger partial charge is 0.165 e. The highest BCUT2D eigenvalue weighted by molar-refractivity contribution is 5.30. The Kier molecular flexibility index (Phi) is 4.19. The van der Waals surface area contributed by atoms with Crippen molar-refractivity contribution in [2.45, 2.75) is 38.5 Å². The van der Waals surface area contributed by atoms with Crippen LogP contribution in [0.4, 0.5) is 4.39 Å². The lowest BCUT2D eigenvalue weighted by Gasteiger charge is -2.22. The fourth-order valence-corrected chi connectivity index (χ4v) is 2.32. The minimum Gasteiger partial charge on any atom is -0.494 e. The Balaban J connectivity index is 2.04. The predicted octanol–water partition coefficient (Wildman–Crippen LogP) is 2.66. The summed E-state index contributed by atoms with van der Waals surface area (Å²) in [4.78, 5) is 0. The molecule has 1 aliphatic heterocycles. The first-order chi connectivity index (χ1) is 8.61. The van der Waals surface area contributed by atoms with Gasteiger partial charge in [-0.2, -0.15) is 0 Å². The highest BCUT2D eigenvalue weighted by Gasteiger charge is 2.25. The summed E-state index contributed by atoms with van der Waals surface area (Å²) in [5, 5.41) is 3.48. The summed E-state index contributed by atoms with van der Waals surface area (Å²) in [6, 6.07) is 5.51. The lowest BCUT2D eigenvalue weighted by Crippen LogP contribution is -2.36. The maximum atomic E-state index is 13.6. The quantitative estimate of drug-likeness (QED) is 0.895. The number of methoxy groups -OCH3 is 1. The van der Waals surface area contributed by atoms with Crippen LogP contribution in [0.15, 0.2) is 18.2 Å². The molecule has 1 heterocycles. The number of hydrogen-bond donors (Lipinski definition) is 1. The zero-order chi connectivity index (χ0) is 13.1. The van der Waals surface area contributed by atoms with E-state index in [4.69, 9.17) is 9.47 Å². The first-order valence-corrected chi connectivity index (χ1v) is 6.33. The topological polar surface area (TPSA) is 30.5 Å². The van der Waals surface area contributed by atoms with Crippen LogP contribution in [0, 0.1) is 5.82 Å². The van der Waals surface area contributed by atoms with E-state index < -0.39 is 0 Å². The van der Waals surface area contributed by atoms with Gasteiger partial charge in [0.25, 0.3) is 0 Å². The Labute approximate surface area is 107 Å². The molecule has 0 spiro atoms. The molecule has 0 saturated carbocycles. The van der Waals surface area contributed by atoms with Gasteiger partial charge < -0.3 is 14.8 Å². The fourth-order valence-electron chi connectivity index (χ4n) is 2.32. The average molecular weight is 253 g/mol. The minimum absolute atomic E-state index is 0.0968. The maximum absolute atomic E-state index is 13.6. The molecule has 1 fully saturated rings. The second-order valence-corrected chi connectivity index (χ2v) is 4.75. The average Bonchev–Trinajstić information content (AvgIpc) is 2.75. The van der Waals surface area contributed by atoms with Crippen molar-refractivity contribution < 1.29 is 13.9 Å². The van der Waals surface area contributed by atoms with Crippen LogP contribution in [-0.2, 0) is 4.74 Å². The molecule has 1 aromatic rings. The molecule has 0 amide bonds. The van der Waals surface area contributed by atoms with Gasteiger partial charge in [0.2, 0.25) is 0 Å². The first-order valence-electron chi connectivity index (χ1n) is 6.33. The number of ether oxygens (including phenoxy) is 2. The molecule has 3 nitrogen and oxygen atoms in total. The lowest BCUT2D eigenvalue weighted by molar-refractivity contribution is 0.111. The van der Waals surface area contributed by atoms with Crippen LogP contribution in [0.1, 0.15) is 31.9 Å². The molecule has 4 heteroatoms. The zero-order valence-corrected chi connectivity index (χ0v) is 11.1. The van der Waals surface area contributed by atoms with Gasteiger partial charge in [-0.3, -0.25) is 0 Å². The molecule has 3 atom stereocenters. The van der Waals surface area contributed by atoms with E-state index in [0.29, 0.717) is 6.04 Å². The van der Waals surface area contributed by atoms with Crippen molar-refractivity contribution in [3.8, 4) is 5.75 Å². The van der Waals surface area contributed by atoms with Crippen LogP contribution in [0.25, 0.3) is 0 Å². The molecule has 0 bridgehead atoms. The van der Waals surface area contributed by atoms with Gasteiger partial charge in [0, 0.05) is 18.7 Å². The predicted molar refractivity (Wildman–Crippen MR) is 68.3 cm³/mol. The zero-order valence-electron chi connectivity index (χ0n) is 11.1. The monoisotopic (exact) mass is 253 g/mol. The van der Waals surface area contributed by atoms with Crippen LogP contribution in [0.2, 0.25) is 0 Å². The van der Waals surface area contributed by atoms with E-state index in [-0.39, 0.29) is 23.7 Å². The van der Waals surface area contributed by atoms with Gasteiger partial charge in [-0.15, -0.1) is 0 Å². The van der Waals surface area contributed by atoms with Crippen molar-refractivity contribution in [2.24, 2.45) is 0 Å². The fraction of sp³-hybridized carbons (Fsp3) is 0.571. The third-order valence-corrected chi connectivity index (χ3v) is 3.52. The molecular weight excluding hydrogens is 233 g/mol. The summed E-state index contributed by atoms with van der Waals surface area (Å²) < 4.78 is 24.0. The molecular formula is C14H20FNO2. The molecule has 1 aliphatic rings. The summed E-state index contributed by atoms with van der Waals surface area (Å²) in [6.45, 7) is 4.89. The molecule has 18 heavy (non-hydrogen) atoms. The van der Waals surface area contributed by atoms with E-state index in [1.165, 1.54) is 13.2 Å². The van der Waals surface area contributed by atoms with Crippen molar-refractivity contribution in [3.63, 3.8) is 0 Å². The molecule has 1 aromatic carbocycles. The summed E-state index contributed by atoms with van der Waals surface area (Å²) in [5.74, 6) is -0.0390. The molecule has 2 rings (SSSR count). The Morgan fingerprint density at radius 1 is 1.50 bits per heavy atom. The van der Waals surface area contributed by atoms with Crippen molar-refractivity contribution in [1.29, 1.82) is 0 Å². The van der Waals surface area contributed by atoms with Gasteiger partial charge in [0.15, 0.2) is 11.6 Å². The third kappa shape index (κ3) is 2.82. The Morgan fingerprint density at radius 3 is 2.83 bits per heavy atom. The lowest BCUT2D eigenvalue weighted by atomic mass is 10.0. The molecule has 0 aromatic heterocycles.